The third-order valence-electron chi connectivity index (χ3n) is 4.58. The lowest BCUT2D eigenvalue weighted by molar-refractivity contribution is 0.0441. The van der Waals surface area contributed by atoms with E-state index in [9.17, 15) is 9.90 Å². The van der Waals surface area contributed by atoms with Gasteiger partial charge in [-0.15, -0.1) is 0 Å². The average molecular weight is 329 g/mol. The van der Waals surface area contributed by atoms with Crippen LogP contribution in [0.4, 0.5) is 0 Å². The Bertz CT molecular complexity index is 676. The Morgan fingerprint density at radius 3 is 2.67 bits per heavy atom. The number of nitrogens with zero attached hydrogens (tertiary/aromatic N) is 3. The maximum atomic E-state index is 12.5. The smallest absolute Gasteiger partial charge is 0.276 e. The number of piperidine rings is 1. The van der Waals surface area contributed by atoms with Crippen LogP contribution in [0.2, 0.25) is 0 Å². The molecule has 1 atom stereocenters. The van der Waals surface area contributed by atoms with Crippen LogP contribution in [-0.4, -0.2) is 39.1 Å². The largest absolute Gasteiger partial charge is 0.387 e. The lowest BCUT2D eigenvalue weighted by Gasteiger charge is -2.33. The van der Waals surface area contributed by atoms with Gasteiger partial charge >= 0.3 is 0 Å². The molecule has 1 fully saturated rings. The summed E-state index contributed by atoms with van der Waals surface area (Å²) in [5.41, 5.74) is 1.06. The topological polar surface area (TPSA) is 79.5 Å². The molecule has 1 amide bonds. The Morgan fingerprint density at radius 2 is 2.08 bits per heavy atom. The number of aromatic nitrogens is 2. The first-order valence-corrected chi connectivity index (χ1v) is 8.41. The SMILES string of the molecule is CC(C)c1cc(C(=O)N2CCC([C@@H](O)c3ccccn3)CC2)no1. The number of rotatable bonds is 4. The van der Waals surface area contributed by atoms with E-state index in [1.54, 1.807) is 17.2 Å². The van der Waals surface area contributed by atoms with Gasteiger partial charge in [0.05, 0.1) is 11.8 Å². The summed E-state index contributed by atoms with van der Waals surface area (Å²) >= 11 is 0. The van der Waals surface area contributed by atoms with E-state index in [0.717, 1.165) is 18.6 Å². The molecule has 6 heteroatoms. The molecule has 128 valence electrons. The summed E-state index contributed by atoms with van der Waals surface area (Å²) in [6.45, 7) is 5.22. The number of pyridine rings is 1. The van der Waals surface area contributed by atoms with Gasteiger partial charge in [0.15, 0.2) is 5.69 Å². The van der Waals surface area contributed by atoms with Crippen molar-refractivity contribution >= 4 is 5.91 Å². The van der Waals surface area contributed by atoms with Crippen molar-refractivity contribution in [2.24, 2.45) is 5.92 Å². The van der Waals surface area contributed by atoms with Crippen molar-refractivity contribution in [3.05, 3.63) is 47.6 Å². The third kappa shape index (κ3) is 3.48. The van der Waals surface area contributed by atoms with Crippen molar-refractivity contribution in [1.82, 2.24) is 15.0 Å². The molecule has 0 spiro atoms. The second-order valence-corrected chi connectivity index (χ2v) is 6.60. The molecular formula is C18H23N3O3. The second kappa shape index (κ2) is 7.13. The fraction of sp³-hybridized carbons (Fsp3) is 0.500. The Labute approximate surface area is 141 Å². The first kappa shape index (κ1) is 16.6. The van der Waals surface area contributed by atoms with E-state index in [1.807, 2.05) is 32.0 Å². The van der Waals surface area contributed by atoms with Gasteiger partial charge in [0.25, 0.3) is 5.91 Å². The quantitative estimate of drug-likeness (QED) is 0.933. The van der Waals surface area contributed by atoms with Crippen LogP contribution in [0.5, 0.6) is 0 Å². The summed E-state index contributed by atoms with van der Waals surface area (Å²) in [4.78, 5) is 18.5. The number of carbonyl (C=O) groups is 1. The van der Waals surface area contributed by atoms with Gasteiger partial charge in [0, 0.05) is 31.3 Å². The molecule has 1 aliphatic rings. The lowest BCUT2D eigenvalue weighted by atomic mass is 9.89. The Kier molecular flexibility index (Phi) is 4.94. The summed E-state index contributed by atoms with van der Waals surface area (Å²) in [7, 11) is 0. The maximum absolute atomic E-state index is 12.5. The highest BCUT2D eigenvalue weighted by Gasteiger charge is 2.30. The molecular weight excluding hydrogens is 306 g/mol. The van der Waals surface area contributed by atoms with E-state index >= 15 is 0 Å². The van der Waals surface area contributed by atoms with E-state index in [4.69, 9.17) is 4.52 Å². The molecule has 2 aromatic heterocycles. The minimum absolute atomic E-state index is 0.101. The summed E-state index contributed by atoms with van der Waals surface area (Å²) < 4.78 is 5.21. The van der Waals surface area contributed by atoms with Crippen LogP contribution in [0.3, 0.4) is 0 Å². The minimum atomic E-state index is -0.581. The molecule has 2 aromatic rings. The number of carbonyl (C=O) groups excluding carboxylic acids is 1. The monoisotopic (exact) mass is 329 g/mol. The minimum Gasteiger partial charge on any atom is -0.387 e. The van der Waals surface area contributed by atoms with Gasteiger partial charge in [-0.25, -0.2) is 0 Å². The zero-order chi connectivity index (χ0) is 17.1. The fourth-order valence-corrected chi connectivity index (χ4v) is 3.03. The molecule has 24 heavy (non-hydrogen) atoms. The highest BCUT2D eigenvalue weighted by molar-refractivity contribution is 5.92. The van der Waals surface area contributed by atoms with Gasteiger partial charge in [-0.3, -0.25) is 9.78 Å². The number of hydrogen-bond donors (Lipinski definition) is 1. The molecule has 0 aromatic carbocycles. The molecule has 1 saturated heterocycles. The van der Waals surface area contributed by atoms with E-state index in [2.05, 4.69) is 10.1 Å². The standard InChI is InChI=1S/C18H23N3O3/c1-12(2)16-11-15(20-24-16)18(23)21-9-6-13(7-10-21)17(22)14-5-3-4-8-19-14/h3-5,8,11-13,17,22H,6-7,9-10H2,1-2H3/t17-/m1/s1. The number of amides is 1. The summed E-state index contributed by atoms with van der Waals surface area (Å²) in [6.07, 6.45) is 2.60. The average Bonchev–Trinajstić information content (AvgIpc) is 3.12. The number of hydrogen-bond acceptors (Lipinski definition) is 5. The van der Waals surface area contributed by atoms with Crippen LogP contribution >= 0.6 is 0 Å². The summed E-state index contributed by atoms with van der Waals surface area (Å²) in [6, 6.07) is 7.27. The van der Waals surface area contributed by atoms with Crippen molar-refractivity contribution < 1.29 is 14.4 Å². The molecule has 1 N–H and O–H groups in total. The summed E-state index contributed by atoms with van der Waals surface area (Å²) in [5, 5.41) is 14.3. The van der Waals surface area contributed by atoms with Crippen LogP contribution < -0.4 is 0 Å². The molecule has 0 bridgehead atoms. The summed E-state index contributed by atoms with van der Waals surface area (Å²) in [5.74, 6) is 0.945. The molecule has 3 rings (SSSR count). The molecule has 3 heterocycles. The number of aliphatic hydroxyl groups excluding tert-OH is 1. The Balaban J connectivity index is 1.59. The van der Waals surface area contributed by atoms with Crippen LogP contribution in [0, 0.1) is 5.92 Å². The highest BCUT2D eigenvalue weighted by atomic mass is 16.5. The molecule has 6 nitrogen and oxygen atoms in total. The van der Waals surface area contributed by atoms with Gasteiger partial charge in [-0.1, -0.05) is 25.1 Å². The molecule has 1 aliphatic heterocycles. The number of aliphatic hydroxyl groups is 1. The van der Waals surface area contributed by atoms with Crippen LogP contribution in [0.15, 0.2) is 35.0 Å². The van der Waals surface area contributed by atoms with Crippen LogP contribution in [-0.2, 0) is 0 Å². The third-order valence-corrected chi connectivity index (χ3v) is 4.58. The highest BCUT2D eigenvalue weighted by Crippen LogP contribution is 2.30. The van der Waals surface area contributed by atoms with Gasteiger partial charge in [0.1, 0.15) is 5.76 Å². The van der Waals surface area contributed by atoms with Crippen molar-refractivity contribution in [1.29, 1.82) is 0 Å². The first-order chi connectivity index (χ1) is 11.6. The molecule has 0 aliphatic carbocycles. The van der Waals surface area contributed by atoms with Gasteiger partial charge < -0.3 is 14.5 Å². The van der Waals surface area contributed by atoms with E-state index in [-0.39, 0.29) is 17.7 Å². The lowest BCUT2D eigenvalue weighted by Crippen LogP contribution is -2.40. The fourth-order valence-electron chi connectivity index (χ4n) is 3.03. The molecule has 0 radical (unpaired) electrons. The zero-order valence-corrected chi connectivity index (χ0v) is 14.1. The van der Waals surface area contributed by atoms with Gasteiger partial charge in [-0.2, -0.15) is 0 Å². The zero-order valence-electron chi connectivity index (χ0n) is 14.1. The molecule has 0 saturated carbocycles. The first-order valence-electron chi connectivity index (χ1n) is 8.41. The number of likely N-dealkylation sites (tertiary alicyclic amines) is 1. The van der Waals surface area contributed by atoms with Crippen LogP contribution in [0.1, 0.15) is 60.7 Å². The normalized spacial score (nSPS) is 17.2. The van der Waals surface area contributed by atoms with Gasteiger partial charge in [0.2, 0.25) is 0 Å². The van der Waals surface area contributed by atoms with Crippen molar-refractivity contribution in [3.8, 4) is 0 Å². The predicted molar refractivity (Wildman–Crippen MR) is 88.4 cm³/mol. The van der Waals surface area contributed by atoms with Crippen molar-refractivity contribution in [2.45, 2.75) is 38.7 Å². The molecule has 0 unspecified atom stereocenters. The van der Waals surface area contributed by atoms with E-state index in [1.165, 1.54) is 0 Å². The van der Waals surface area contributed by atoms with Crippen molar-refractivity contribution in [2.75, 3.05) is 13.1 Å². The van der Waals surface area contributed by atoms with Crippen molar-refractivity contribution in [3.63, 3.8) is 0 Å². The van der Waals surface area contributed by atoms with E-state index in [0.29, 0.717) is 24.5 Å². The van der Waals surface area contributed by atoms with E-state index < -0.39 is 6.10 Å². The predicted octanol–water partition coefficient (Wildman–Crippen LogP) is 2.78. The second-order valence-electron chi connectivity index (χ2n) is 6.60. The Morgan fingerprint density at radius 1 is 1.33 bits per heavy atom. The van der Waals surface area contributed by atoms with Crippen LogP contribution in [0.25, 0.3) is 0 Å². The Hall–Kier alpha value is -2.21. The maximum Gasteiger partial charge on any atom is 0.276 e. The van der Waals surface area contributed by atoms with Gasteiger partial charge in [-0.05, 0) is 30.9 Å².